The number of halogens is 1. The van der Waals surface area contributed by atoms with E-state index in [2.05, 4.69) is 43.0 Å². The molecule has 0 atom stereocenters. The van der Waals surface area contributed by atoms with Crippen LogP contribution in [0.2, 0.25) is 5.02 Å². The van der Waals surface area contributed by atoms with E-state index in [1.807, 2.05) is 22.9 Å². The number of hydrogen-bond donors (Lipinski definition) is 1. The molecule has 4 rings (SSSR count). The molecule has 164 valence electrons. The van der Waals surface area contributed by atoms with Crippen molar-refractivity contribution < 1.29 is 9.53 Å². The van der Waals surface area contributed by atoms with Gasteiger partial charge in [-0.2, -0.15) is 5.10 Å². The molecule has 3 aromatic rings. The number of anilines is 2. The third kappa shape index (κ3) is 4.38. The smallest absolute Gasteiger partial charge is 0.256 e. The van der Waals surface area contributed by atoms with E-state index in [9.17, 15) is 4.79 Å². The first-order valence-corrected chi connectivity index (χ1v) is 11.0. The minimum atomic E-state index is -0.200. The zero-order chi connectivity index (χ0) is 22.1. The predicted octanol–water partition coefficient (Wildman–Crippen LogP) is 4.88. The molecule has 0 spiro atoms. The van der Waals surface area contributed by atoms with Gasteiger partial charge in [0, 0.05) is 29.8 Å². The second-order valence-corrected chi connectivity index (χ2v) is 8.82. The summed E-state index contributed by atoms with van der Waals surface area (Å²) in [7, 11) is 0. The summed E-state index contributed by atoms with van der Waals surface area (Å²) in [5, 5.41) is 8.89. The predicted molar refractivity (Wildman–Crippen MR) is 124 cm³/mol. The Morgan fingerprint density at radius 1 is 1.16 bits per heavy atom. The van der Waals surface area contributed by atoms with Gasteiger partial charge in [-0.05, 0) is 44.0 Å². The van der Waals surface area contributed by atoms with Gasteiger partial charge in [-0.25, -0.2) is 9.67 Å². The number of amides is 1. The molecule has 1 saturated heterocycles. The molecule has 0 saturated carbocycles. The number of rotatable bonds is 5. The Labute approximate surface area is 187 Å². The first-order valence-electron chi connectivity index (χ1n) is 10.7. The van der Waals surface area contributed by atoms with Gasteiger partial charge in [-0.3, -0.25) is 4.79 Å². The van der Waals surface area contributed by atoms with Crippen molar-refractivity contribution in [2.24, 2.45) is 0 Å². The van der Waals surface area contributed by atoms with Gasteiger partial charge in [-0.15, -0.1) is 0 Å². The fourth-order valence-electron chi connectivity index (χ4n) is 3.78. The number of nitrogens with one attached hydrogen (secondary N) is 1. The zero-order valence-corrected chi connectivity index (χ0v) is 19.1. The van der Waals surface area contributed by atoms with Crippen molar-refractivity contribution in [3.05, 3.63) is 46.7 Å². The molecule has 1 aliphatic heterocycles. The van der Waals surface area contributed by atoms with Gasteiger partial charge < -0.3 is 15.0 Å². The molecule has 31 heavy (non-hydrogen) atoms. The summed E-state index contributed by atoms with van der Waals surface area (Å²) >= 11 is 6.27. The van der Waals surface area contributed by atoms with Crippen molar-refractivity contribution >= 4 is 39.9 Å². The lowest BCUT2D eigenvalue weighted by molar-refractivity contribution is 0.102. The van der Waals surface area contributed by atoms with Gasteiger partial charge in [0.2, 0.25) is 0 Å². The van der Waals surface area contributed by atoms with Crippen LogP contribution in [0.25, 0.3) is 11.0 Å². The van der Waals surface area contributed by atoms with Crippen LogP contribution in [0, 0.1) is 0 Å². The Morgan fingerprint density at radius 3 is 2.58 bits per heavy atom. The number of morpholine rings is 1. The van der Waals surface area contributed by atoms with Crippen LogP contribution in [0.5, 0.6) is 0 Å². The maximum absolute atomic E-state index is 13.5. The summed E-state index contributed by atoms with van der Waals surface area (Å²) in [5.41, 5.74) is 3.78. The van der Waals surface area contributed by atoms with Crippen LogP contribution >= 0.6 is 11.6 Å². The molecular formula is C23H28ClN5O2. The summed E-state index contributed by atoms with van der Waals surface area (Å²) in [6.07, 6.45) is 1.72. The standard InChI is InChI=1S/C23H28ClN5O2/c1-14(2)19-12-17(18-13-25-29(15(3)4)22(18)26-19)23(30)27-20-11-16(24)5-6-21(20)28-7-9-31-10-8-28/h5-6,11-15H,7-10H2,1-4H3,(H,27,30). The summed E-state index contributed by atoms with van der Waals surface area (Å²) < 4.78 is 7.33. The van der Waals surface area contributed by atoms with Crippen LogP contribution < -0.4 is 10.2 Å². The van der Waals surface area contributed by atoms with E-state index in [-0.39, 0.29) is 17.9 Å². The van der Waals surface area contributed by atoms with Crippen molar-refractivity contribution in [3.8, 4) is 0 Å². The highest BCUT2D eigenvalue weighted by atomic mass is 35.5. The number of carbonyl (C=O) groups is 1. The van der Waals surface area contributed by atoms with E-state index in [4.69, 9.17) is 21.3 Å². The first-order chi connectivity index (χ1) is 14.8. The minimum absolute atomic E-state index is 0.143. The van der Waals surface area contributed by atoms with E-state index < -0.39 is 0 Å². The molecule has 1 N–H and O–H groups in total. The monoisotopic (exact) mass is 441 g/mol. The first kappa shape index (κ1) is 21.6. The van der Waals surface area contributed by atoms with Crippen molar-refractivity contribution in [1.29, 1.82) is 0 Å². The number of pyridine rings is 1. The van der Waals surface area contributed by atoms with Gasteiger partial charge >= 0.3 is 0 Å². The highest BCUT2D eigenvalue weighted by Crippen LogP contribution is 2.31. The minimum Gasteiger partial charge on any atom is -0.378 e. The van der Waals surface area contributed by atoms with Crippen molar-refractivity contribution in [2.75, 3.05) is 36.5 Å². The summed E-state index contributed by atoms with van der Waals surface area (Å²) in [5.74, 6) is -0.0177. The Hall–Kier alpha value is -2.64. The quantitative estimate of drug-likeness (QED) is 0.611. The Kier molecular flexibility index (Phi) is 6.16. The molecule has 0 aliphatic carbocycles. The summed E-state index contributed by atoms with van der Waals surface area (Å²) in [6, 6.07) is 7.60. The molecule has 2 aromatic heterocycles. The number of carbonyl (C=O) groups excluding carboxylic acids is 1. The second-order valence-electron chi connectivity index (χ2n) is 8.38. The van der Waals surface area contributed by atoms with E-state index in [0.29, 0.717) is 29.5 Å². The maximum Gasteiger partial charge on any atom is 0.256 e. The van der Waals surface area contributed by atoms with Crippen LogP contribution in [0.3, 0.4) is 0 Å². The average molecular weight is 442 g/mol. The molecule has 1 fully saturated rings. The fourth-order valence-corrected chi connectivity index (χ4v) is 3.95. The fraction of sp³-hybridized carbons (Fsp3) is 0.435. The number of nitrogens with zero attached hydrogens (tertiary/aromatic N) is 4. The lowest BCUT2D eigenvalue weighted by atomic mass is 10.0. The molecule has 0 radical (unpaired) electrons. The molecular weight excluding hydrogens is 414 g/mol. The highest BCUT2D eigenvalue weighted by molar-refractivity contribution is 6.31. The molecule has 8 heteroatoms. The molecule has 3 heterocycles. The highest BCUT2D eigenvalue weighted by Gasteiger charge is 2.21. The summed E-state index contributed by atoms with van der Waals surface area (Å²) in [4.78, 5) is 20.5. The normalized spacial score (nSPS) is 14.6. The molecule has 1 aliphatic rings. The van der Waals surface area contributed by atoms with Gasteiger partial charge in [0.15, 0.2) is 5.65 Å². The summed E-state index contributed by atoms with van der Waals surface area (Å²) in [6.45, 7) is 11.1. The van der Waals surface area contributed by atoms with Gasteiger partial charge in [0.25, 0.3) is 5.91 Å². The number of fused-ring (bicyclic) bond motifs is 1. The molecule has 7 nitrogen and oxygen atoms in total. The maximum atomic E-state index is 13.5. The Morgan fingerprint density at radius 2 is 1.90 bits per heavy atom. The van der Waals surface area contributed by atoms with Crippen molar-refractivity contribution in [3.63, 3.8) is 0 Å². The van der Waals surface area contributed by atoms with E-state index >= 15 is 0 Å². The van der Waals surface area contributed by atoms with Crippen LogP contribution in [-0.2, 0) is 4.74 Å². The van der Waals surface area contributed by atoms with Gasteiger partial charge in [0.1, 0.15) is 0 Å². The zero-order valence-electron chi connectivity index (χ0n) is 18.4. The lowest BCUT2D eigenvalue weighted by Gasteiger charge is -2.30. The Bertz CT molecular complexity index is 1100. The van der Waals surface area contributed by atoms with E-state index in [1.165, 1.54) is 0 Å². The third-order valence-electron chi connectivity index (χ3n) is 5.47. The topological polar surface area (TPSA) is 72.3 Å². The average Bonchev–Trinajstić information content (AvgIpc) is 3.18. The molecule has 0 unspecified atom stereocenters. The number of benzene rings is 1. The van der Waals surface area contributed by atoms with E-state index in [0.717, 1.165) is 35.5 Å². The number of ether oxygens (including phenoxy) is 1. The third-order valence-corrected chi connectivity index (χ3v) is 5.71. The van der Waals surface area contributed by atoms with Crippen LogP contribution in [0.1, 0.15) is 55.7 Å². The van der Waals surface area contributed by atoms with Crippen LogP contribution in [0.15, 0.2) is 30.5 Å². The molecule has 0 bridgehead atoms. The SMILES string of the molecule is CC(C)c1cc(C(=O)Nc2cc(Cl)ccc2N2CCOCC2)c2cnn(C(C)C)c2n1. The molecule has 1 aromatic carbocycles. The van der Waals surface area contributed by atoms with Gasteiger partial charge in [-0.1, -0.05) is 25.4 Å². The lowest BCUT2D eigenvalue weighted by Crippen LogP contribution is -2.36. The van der Waals surface area contributed by atoms with Crippen LogP contribution in [0.4, 0.5) is 11.4 Å². The van der Waals surface area contributed by atoms with Crippen molar-refractivity contribution in [2.45, 2.75) is 39.7 Å². The van der Waals surface area contributed by atoms with Crippen molar-refractivity contribution in [1.82, 2.24) is 14.8 Å². The molecule has 1 amide bonds. The van der Waals surface area contributed by atoms with Crippen LogP contribution in [-0.4, -0.2) is 47.0 Å². The number of aromatic nitrogens is 3. The van der Waals surface area contributed by atoms with Gasteiger partial charge in [0.05, 0.1) is 41.7 Å². The second kappa shape index (κ2) is 8.85. The largest absolute Gasteiger partial charge is 0.378 e. The number of hydrogen-bond acceptors (Lipinski definition) is 5. The van der Waals surface area contributed by atoms with E-state index in [1.54, 1.807) is 12.3 Å². The Balaban J connectivity index is 1.75.